The maximum absolute atomic E-state index is 9.34. The molecule has 1 N–H and O–H groups in total. The molecule has 3 nitrogen and oxygen atoms in total. The van der Waals surface area contributed by atoms with Crippen LogP contribution in [0.3, 0.4) is 0 Å². The first-order valence-electron chi connectivity index (χ1n) is 5.35. The number of hydrogen-bond acceptors (Lipinski definition) is 2. The van der Waals surface area contributed by atoms with E-state index < -0.39 is 0 Å². The van der Waals surface area contributed by atoms with Crippen molar-refractivity contribution in [2.45, 2.75) is 20.4 Å². The van der Waals surface area contributed by atoms with E-state index in [9.17, 15) is 5.11 Å². The predicted octanol–water partition coefficient (Wildman–Crippen LogP) is 3.42. The number of benzene rings is 1. The molecule has 17 heavy (non-hydrogen) atoms. The van der Waals surface area contributed by atoms with Crippen LogP contribution in [0, 0.1) is 9.12 Å². The van der Waals surface area contributed by atoms with Crippen molar-refractivity contribution >= 4 is 49.4 Å². The Balaban J connectivity index is 2.51. The second-order valence-corrected chi connectivity index (χ2v) is 6.87. The van der Waals surface area contributed by atoms with Gasteiger partial charge in [-0.05, 0) is 40.8 Å². The van der Waals surface area contributed by atoms with Crippen molar-refractivity contribution in [1.29, 1.82) is 0 Å². The molecule has 2 aromatic rings. The predicted molar refractivity (Wildman–Crippen MR) is 81.0 cm³/mol. The molecule has 2 rings (SSSR count). The molecule has 0 saturated heterocycles. The van der Waals surface area contributed by atoms with Gasteiger partial charge in [0.05, 0.1) is 5.52 Å². The van der Waals surface area contributed by atoms with Gasteiger partial charge in [-0.3, -0.25) is 4.68 Å². The molecule has 0 aliphatic carbocycles. The quantitative estimate of drug-likeness (QED) is 0.790. The van der Waals surface area contributed by atoms with Gasteiger partial charge in [0.25, 0.3) is 0 Å². The molecule has 0 aliphatic rings. The first-order chi connectivity index (χ1) is 7.93. The Morgan fingerprint density at radius 3 is 2.82 bits per heavy atom. The minimum atomic E-state index is -0.162. The molecule has 0 fully saturated rings. The third-order valence-electron chi connectivity index (χ3n) is 2.67. The molecule has 0 aliphatic heterocycles. The van der Waals surface area contributed by atoms with Crippen LogP contribution in [0.5, 0.6) is 0 Å². The molecular formula is C12H14BrIN2O. The van der Waals surface area contributed by atoms with Gasteiger partial charge in [-0.2, -0.15) is 5.10 Å². The van der Waals surface area contributed by atoms with Crippen molar-refractivity contribution in [2.24, 2.45) is 5.41 Å². The molecule has 1 aromatic heterocycles. The van der Waals surface area contributed by atoms with Gasteiger partial charge in [0, 0.05) is 28.4 Å². The lowest BCUT2D eigenvalue weighted by Gasteiger charge is -2.21. The minimum absolute atomic E-state index is 0.152. The lowest BCUT2D eigenvalue weighted by Crippen LogP contribution is -2.24. The van der Waals surface area contributed by atoms with Gasteiger partial charge in [-0.25, -0.2) is 0 Å². The molecule has 1 aromatic carbocycles. The zero-order valence-corrected chi connectivity index (χ0v) is 13.5. The number of rotatable bonds is 3. The standard InChI is InChI=1S/C12H14BrIN2O/c1-12(2,7-17)6-16-10-5-8(13)3-4-9(10)11(14)15-16/h3-5,17H,6-7H2,1-2H3. The van der Waals surface area contributed by atoms with Crippen molar-refractivity contribution in [2.75, 3.05) is 6.61 Å². The summed E-state index contributed by atoms with van der Waals surface area (Å²) < 4.78 is 4.01. The third-order valence-corrected chi connectivity index (χ3v) is 3.96. The Morgan fingerprint density at radius 1 is 1.47 bits per heavy atom. The number of aromatic nitrogens is 2. The Bertz CT molecular complexity index is 551. The highest BCUT2D eigenvalue weighted by molar-refractivity contribution is 14.1. The molecule has 0 saturated carbocycles. The summed E-state index contributed by atoms with van der Waals surface area (Å²) in [7, 11) is 0. The average molecular weight is 409 g/mol. The van der Waals surface area contributed by atoms with E-state index in [0.717, 1.165) is 19.1 Å². The minimum Gasteiger partial charge on any atom is -0.396 e. The lowest BCUT2D eigenvalue weighted by molar-refractivity contribution is 0.138. The van der Waals surface area contributed by atoms with Crippen molar-refractivity contribution < 1.29 is 5.11 Å². The summed E-state index contributed by atoms with van der Waals surface area (Å²) >= 11 is 5.72. The van der Waals surface area contributed by atoms with E-state index in [2.05, 4.69) is 55.8 Å². The van der Waals surface area contributed by atoms with Crippen LogP contribution in [0.4, 0.5) is 0 Å². The summed E-state index contributed by atoms with van der Waals surface area (Å²) in [6, 6.07) is 6.16. The molecular weight excluding hydrogens is 395 g/mol. The van der Waals surface area contributed by atoms with Crippen LogP contribution in [0.15, 0.2) is 22.7 Å². The Morgan fingerprint density at radius 2 is 2.18 bits per heavy atom. The number of hydrogen-bond donors (Lipinski definition) is 1. The fourth-order valence-corrected chi connectivity index (χ4v) is 2.75. The fourth-order valence-electron chi connectivity index (χ4n) is 1.68. The van der Waals surface area contributed by atoms with Crippen LogP contribution in [0.25, 0.3) is 10.9 Å². The highest BCUT2D eigenvalue weighted by Crippen LogP contribution is 2.26. The Hall–Kier alpha value is -0.140. The summed E-state index contributed by atoms with van der Waals surface area (Å²) in [5.74, 6) is 0. The van der Waals surface area contributed by atoms with E-state index in [1.165, 1.54) is 0 Å². The SMILES string of the molecule is CC(C)(CO)Cn1nc(I)c2ccc(Br)cc21. The van der Waals surface area contributed by atoms with Gasteiger partial charge < -0.3 is 5.11 Å². The highest BCUT2D eigenvalue weighted by atomic mass is 127. The highest BCUT2D eigenvalue weighted by Gasteiger charge is 2.20. The van der Waals surface area contributed by atoms with E-state index >= 15 is 0 Å². The van der Waals surface area contributed by atoms with Gasteiger partial charge >= 0.3 is 0 Å². The zero-order chi connectivity index (χ0) is 12.6. The zero-order valence-electron chi connectivity index (χ0n) is 9.74. The first kappa shape index (κ1) is 13.3. The Labute approximate surface area is 122 Å². The normalized spacial score (nSPS) is 12.3. The van der Waals surface area contributed by atoms with Crippen molar-refractivity contribution in [1.82, 2.24) is 9.78 Å². The first-order valence-corrected chi connectivity index (χ1v) is 7.22. The van der Waals surface area contributed by atoms with E-state index in [0.29, 0.717) is 6.54 Å². The molecule has 0 radical (unpaired) electrons. The van der Waals surface area contributed by atoms with Crippen LogP contribution in [0.1, 0.15) is 13.8 Å². The van der Waals surface area contributed by atoms with Crippen LogP contribution in [-0.2, 0) is 6.54 Å². The maximum atomic E-state index is 9.34. The third kappa shape index (κ3) is 2.82. The summed E-state index contributed by atoms with van der Waals surface area (Å²) in [6.07, 6.45) is 0. The van der Waals surface area contributed by atoms with Crippen molar-refractivity contribution in [3.8, 4) is 0 Å². The molecule has 0 bridgehead atoms. The summed E-state index contributed by atoms with van der Waals surface area (Å²) in [6.45, 7) is 4.93. The van der Waals surface area contributed by atoms with Gasteiger partial charge in [0.15, 0.2) is 0 Å². The largest absolute Gasteiger partial charge is 0.396 e. The lowest BCUT2D eigenvalue weighted by atomic mass is 9.95. The molecule has 0 spiro atoms. The molecule has 1 heterocycles. The van der Waals surface area contributed by atoms with E-state index in [1.54, 1.807) is 0 Å². The van der Waals surface area contributed by atoms with Gasteiger partial charge in [0.1, 0.15) is 3.70 Å². The van der Waals surface area contributed by atoms with Gasteiger partial charge in [-0.1, -0.05) is 29.8 Å². The van der Waals surface area contributed by atoms with Gasteiger partial charge in [0.2, 0.25) is 0 Å². The number of nitrogens with zero attached hydrogens (tertiary/aromatic N) is 2. The van der Waals surface area contributed by atoms with Gasteiger partial charge in [-0.15, -0.1) is 0 Å². The van der Waals surface area contributed by atoms with Crippen LogP contribution in [-0.4, -0.2) is 21.5 Å². The molecule has 0 atom stereocenters. The maximum Gasteiger partial charge on any atom is 0.131 e. The summed E-state index contributed by atoms with van der Waals surface area (Å²) in [4.78, 5) is 0. The van der Waals surface area contributed by atoms with E-state index in [1.807, 2.05) is 24.6 Å². The number of fused-ring (bicyclic) bond motifs is 1. The number of aliphatic hydroxyl groups is 1. The van der Waals surface area contributed by atoms with E-state index in [4.69, 9.17) is 0 Å². The van der Waals surface area contributed by atoms with Crippen molar-refractivity contribution in [3.63, 3.8) is 0 Å². The monoisotopic (exact) mass is 408 g/mol. The van der Waals surface area contributed by atoms with Crippen LogP contribution < -0.4 is 0 Å². The second kappa shape index (κ2) is 4.85. The smallest absolute Gasteiger partial charge is 0.131 e. The van der Waals surface area contributed by atoms with Crippen LogP contribution in [0.2, 0.25) is 0 Å². The average Bonchev–Trinajstić information content (AvgIpc) is 2.55. The summed E-state index contributed by atoms with van der Waals surface area (Å²) in [5, 5.41) is 15.0. The van der Waals surface area contributed by atoms with Crippen LogP contribution >= 0.6 is 38.5 Å². The molecule has 0 unspecified atom stereocenters. The van der Waals surface area contributed by atoms with E-state index in [-0.39, 0.29) is 12.0 Å². The Kier molecular flexibility index (Phi) is 3.80. The topological polar surface area (TPSA) is 38.0 Å². The second-order valence-electron chi connectivity index (χ2n) is 4.93. The molecule has 5 heteroatoms. The number of halogens is 2. The molecule has 0 amide bonds. The van der Waals surface area contributed by atoms with Crippen molar-refractivity contribution in [3.05, 3.63) is 26.4 Å². The molecule has 92 valence electrons. The number of aliphatic hydroxyl groups excluding tert-OH is 1. The fraction of sp³-hybridized carbons (Fsp3) is 0.417. The summed E-state index contributed by atoms with van der Waals surface area (Å²) in [5.41, 5.74) is 0.940.